The highest BCUT2D eigenvalue weighted by Gasteiger charge is 2.08. The van der Waals surface area contributed by atoms with Crippen molar-refractivity contribution in [1.29, 1.82) is 0 Å². The fourth-order valence-corrected chi connectivity index (χ4v) is 2.90. The second-order valence-corrected chi connectivity index (χ2v) is 6.34. The third kappa shape index (κ3) is 4.89. The van der Waals surface area contributed by atoms with E-state index < -0.39 is 0 Å². The molecule has 0 saturated heterocycles. The average molecular weight is 385 g/mol. The van der Waals surface area contributed by atoms with Crippen molar-refractivity contribution in [3.63, 3.8) is 0 Å². The van der Waals surface area contributed by atoms with E-state index in [1.165, 1.54) is 0 Å². The van der Waals surface area contributed by atoms with Crippen LogP contribution in [0.3, 0.4) is 0 Å². The molecule has 0 saturated carbocycles. The molecule has 0 spiro atoms. The maximum absolute atomic E-state index is 5.95. The Morgan fingerprint density at radius 3 is 2.59 bits per heavy atom. The highest BCUT2D eigenvalue weighted by molar-refractivity contribution is 7.71. The van der Waals surface area contributed by atoms with E-state index in [0.717, 1.165) is 34.9 Å². The summed E-state index contributed by atoms with van der Waals surface area (Å²) in [6.45, 7) is 5.67. The molecular formula is C20H24N4O2S. The third-order valence-corrected chi connectivity index (χ3v) is 4.32. The Kier molecular flexibility index (Phi) is 6.49. The number of hydrogen-bond acceptors (Lipinski definition) is 5. The van der Waals surface area contributed by atoms with Gasteiger partial charge < -0.3 is 14.9 Å². The van der Waals surface area contributed by atoms with Crippen LogP contribution in [0.4, 0.5) is 0 Å². The van der Waals surface area contributed by atoms with E-state index in [4.69, 9.17) is 21.7 Å². The maximum Gasteiger partial charge on any atom is 0.214 e. The second kappa shape index (κ2) is 9.23. The minimum Gasteiger partial charge on any atom is -0.490 e. The lowest BCUT2D eigenvalue weighted by Gasteiger charge is -2.14. The lowest BCUT2D eigenvalue weighted by molar-refractivity contribution is 0.269. The van der Waals surface area contributed by atoms with E-state index in [-0.39, 0.29) is 0 Å². The maximum atomic E-state index is 5.95. The summed E-state index contributed by atoms with van der Waals surface area (Å²) in [4.78, 5) is 0. The molecule has 1 aromatic heterocycles. The zero-order chi connectivity index (χ0) is 19.1. The van der Waals surface area contributed by atoms with Gasteiger partial charge in [-0.15, -0.1) is 0 Å². The van der Waals surface area contributed by atoms with E-state index in [1.807, 2.05) is 62.4 Å². The average Bonchev–Trinajstić information content (AvgIpc) is 3.06. The summed E-state index contributed by atoms with van der Waals surface area (Å²) < 4.78 is 14.1. The van der Waals surface area contributed by atoms with Crippen LogP contribution >= 0.6 is 12.2 Å². The van der Waals surface area contributed by atoms with E-state index in [9.17, 15) is 0 Å². The normalized spacial score (nSPS) is 10.6. The van der Waals surface area contributed by atoms with Gasteiger partial charge in [0.15, 0.2) is 17.3 Å². The number of H-pyrrole nitrogens is 1. The fraction of sp³-hybridized carbons (Fsp3) is 0.300. The number of nitrogens with one attached hydrogen (secondary N) is 2. The minimum atomic E-state index is 0.503. The Bertz CT molecular complexity index is 921. The summed E-state index contributed by atoms with van der Waals surface area (Å²) in [6.07, 6.45) is 0.788. The Morgan fingerprint density at radius 1 is 1.04 bits per heavy atom. The molecule has 0 amide bonds. The van der Waals surface area contributed by atoms with Gasteiger partial charge >= 0.3 is 0 Å². The predicted molar refractivity (Wildman–Crippen MR) is 108 cm³/mol. The zero-order valence-electron chi connectivity index (χ0n) is 15.6. The summed E-state index contributed by atoms with van der Waals surface area (Å²) in [5, 5.41) is 7.01. The molecular weight excluding hydrogens is 360 g/mol. The van der Waals surface area contributed by atoms with Gasteiger partial charge in [-0.2, -0.15) is 5.10 Å². The largest absolute Gasteiger partial charge is 0.490 e. The number of nitrogens with zero attached hydrogens (tertiary/aromatic N) is 2. The first-order valence-corrected chi connectivity index (χ1v) is 9.44. The quantitative estimate of drug-likeness (QED) is 0.541. The Hall–Kier alpha value is -2.80. The van der Waals surface area contributed by atoms with Crippen molar-refractivity contribution in [2.24, 2.45) is 0 Å². The smallest absolute Gasteiger partial charge is 0.214 e. The van der Waals surface area contributed by atoms with Crippen LogP contribution in [-0.2, 0) is 19.6 Å². The van der Waals surface area contributed by atoms with Gasteiger partial charge in [0.2, 0.25) is 4.77 Å². The lowest BCUT2D eigenvalue weighted by atomic mass is 10.2. The lowest BCUT2D eigenvalue weighted by Crippen LogP contribution is -2.17. The van der Waals surface area contributed by atoms with Gasteiger partial charge in [0.25, 0.3) is 0 Å². The number of hydrogen-bond donors (Lipinski definition) is 2. The first-order chi connectivity index (χ1) is 13.2. The number of aromatic amines is 1. The van der Waals surface area contributed by atoms with Gasteiger partial charge in [-0.05, 0) is 42.4 Å². The van der Waals surface area contributed by atoms with Crippen LogP contribution in [0.25, 0.3) is 0 Å². The van der Waals surface area contributed by atoms with Crippen molar-refractivity contribution >= 4 is 12.2 Å². The van der Waals surface area contributed by atoms with Crippen LogP contribution < -0.4 is 14.9 Å². The van der Waals surface area contributed by atoms with Crippen molar-refractivity contribution in [2.75, 3.05) is 12.0 Å². The van der Waals surface area contributed by atoms with Crippen molar-refractivity contribution in [3.8, 4) is 11.5 Å². The second-order valence-electron chi connectivity index (χ2n) is 5.96. The summed E-state index contributed by atoms with van der Waals surface area (Å²) in [7, 11) is 0. The molecule has 27 heavy (non-hydrogen) atoms. The minimum absolute atomic E-state index is 0.503. The standard InChI is InChI=1S/C20H24N4O2S/c1-3-19-22-23-20(27)24(19)21-13-16-10-11-17(18(12-16)25-4-2)26-14-15-8-6-5-7-9-15/h5-12,21H,3-4,13-14H2,1-2H3,(H,23,27). The molecule has 1 heterocycles. The summed E-state index contributed by atoms with van der Waals surface area (Å²) in [6, 6.07) is 16.0. The molecule has 0 aliphatic carbocycles. The molecule has 2 aromatic carbocycles. The molecule has 0 bridgehead atoms. The van der Waals surface area contributed by atoms with Gasteiger partial charge in [0, 0.05) is 6.42 Å². The summed E-state index contributed by atoms with van der Waals surface area (Å²) >= 11 is 5.26. The Morgan fingerprint density at radius 2 is 1.85 bits per heavy atom. The van der Waals surface area contributed by atoms with Crippen LogP contribution in [0, 0.1) is 4.77 Å². The fourth-order valence-electron chi connectivity index (χ4n) is 2.69. The van der Waals surface area contributed by atoms with Crippen LogP contribution in [0.1, 0.15) is 30.8 Å². The third-order valence-electron chi connectivity index (χ3n) is 4.04. The molecule has 6 nitrogen and oxygen atoms in total. The molecule has 0 unspecified atom stereocenters. The molecule has 3 aromatic rings. The van der Waals surface area contributed by atoms with Crippen molar-refractivity contribution in [2.45, 2.75) is 33.4 Å². The topological polar surface area (TPSA) is 64.1 Å². The Labute approximate surface area is 164 Å². The predicted octanol–water partition coefficient (Wildman–Crippen LogP) is 4.22. The molecule has 7 heteroatoms. The highest BCUT2D eigenvalue weighted by Crippen LogP contribution is 2.29. The van der Waals surface area contributed by atoms with Crippen LogP contribution in [-0.4, -0.2) is 21.5 Å². The Balaban J connectivity index is 1.70. The van der Waals surface area contributed by atoms with E-state index in [0.29, 0.717) is 24.5 Å². The monoisotopic (exact) mass is 384 g/mol. The van der Waals surface area contributed by atoms with Gasteiger partial charge in [0.1, 0.15) is 6.61 Å². The summed E-state index contributed by atoms with van der Waals surface area (Å²) in [5.74, 6) is 2.34. The van der Waals surface area contributed by atoms with Crippen molar-refractivity contribution < 1.29 is 9.47 Å². The number of aryl methyl sites for hydroxylation is 1. The van der Waals surface area contributed by atoms with Gasteiger partial charge in [0.05, 0.1) is 13.2 Å². The first kappa shape index (κ1) is 19.0. The van der Waals surface area contributed by atoms with E-state index in [1.54, 1.807) is 4.68 Å². The van der Waals surface area contributed by atoms with Crippen LogP contribution in [0.15, 0.2) is 48.5 Å². The number of ether oxygens (including phenoxy) is 2. The van der Waals surface area contributed by atoms with Gasteiger partial charge in [-0.1, -0.05) is 43.3 Å². The van der Waals surface area contributed by atoms with Crippen molar-refractivity contribution in [3.05, 3.63) is 70.3 Å². The number of rotatable bonds is 9. The van der Waals surface area contributed by atoms with Crippen LogP contribution in [0.5, 0.6) is 11.5 Å². The van der Waals surface area contributed by atoms with Crippen LogP contribution in [0.2, 0.25) is 0 Å². The summed E-state index contributed by atoms with van der Waals surface area (Å²) in [5.41, 5.74) is 5.48. The molecule has 142 valence electrons. The molecule has 0 radical (unpaired) electrons. The van der Waals surface area contributed by atoms with Gasteiger partial charge in [-0.3, -0.25) is 5.10 Å². The molecule has 0 atom stereocenters. The van der Waals surface area contributed by atoms with Gasteiger partial charge in [-0.25, -0.2) is 4.68 Å². The molecule has 3 rings (SSSR count). The van der Waals surface area contributed by atoms with E-state index >= 15 is 0 Å². The van der Waals surface area contributed by atoms with E-state index in [2.05, 4.69) is 15.6 Å². The molecule has 2 N–H and O–H groups in total. The molecule has 0 aliphatic rings. The zero-order valence-corrected chi connectivity index (χ0v) is 16.4. The first-order valence-electron chi connectivity index (χ1n) is 9.03. The van der Waals surface area contributed by atoms with Crippen molar-refractivity contribution in [1.82, 2.24) is 14.9 Å². The number of aromatic nitrogens is 3. The highest BCUT2D eigenvalue weighted by atomic mass is 32.1. The molecule has 0 aliphatic heterocycles. The SMILES string of the molecule is CCOc1cc(CNn2c(CC)n[nH]c2=S)ccc1OCc1ccccc1. The molecule has 0 fully saturated rings. The number of benzene rings is 2.